The summed E-state index contributed by atoms with van der Waals surface area (Å²) in [5.41, 5.74) is 2.45. The van der Waals surface area contributed by atoms with Crippen molar-refractivity contribution in [3.8, 4) is 5.75 Å². The highest BCUT2D eigenvalue weighted by atomic mass is 32.2. The monoisotopic (exact) mass is 648 g/mol. The predicted octanol–water partition coefficient (Wildman–Crippen LogP) is 3.63. The number of nitrogens with one attached hydrogen (secondary N) is 1. The summed E-state index contributed by atoms with van der Waals surface area (Å²) in [4.78, 5) is 32.2. The molecule has 0 aromatic heterocycles. The van der Waals surface area contributed by atoms with E-state index >= 15 is 0 Å². The minimum atomic E-state index is -3.51. The topological polar surface area (TPSA) is 108 Å². The third-order valence-corrected chi connectivity index (χ3v) is 10.5. The molecule has 2 heterocycles. The van der Waals surface area contributed by atoms with Gasteiger partial charge in [0.1, 0.15) is 11.8 Å². The Bertz CT molecular complexity index is 1520. The Morgan fingerprint density at radius 1 is 0.891 bits per heavy atom. The van der Waals surface area contributed by atoms with E-state index in [0.29, 0.717) is 51.6 Å². The van der Waals surface area contributed by atoms with Gasteiger partial charge in [0.05, 0.1) is 25.2 Å². The van der Waals surface area contributed by atoms with Gasteiger partial charge in [-0.3, -0.25) is 14.5 Å². The highest BCUT2D eigenvalue weighted by Gasteiger charge is 2.32. The summed E-state index contributed by atoms with van der Waals surface area (Å²) in [5, 5.41) is 3.09. The molecule has 0 bridgehead atoms. The van der Waals surface area contributed by atoms with Gasteiger partial charge in [-0.15, -0.1) is 0 Å². The number of rotatable bonds is 14. The van der Waals surface area contributed by atoms with E-state index in [0.717, 1.165) is 42.6 Å². The van der Waals surface area contributed by atoms with E-state index in [1.807, 2.05) is 54.6 Å². The molecule has 46 heavy (non-hydrogen) atoms. The number of ether oxygens (including phenoxy) is 2. The fourth-order valence-corrected chi connectivity index (χ4v) is 7.44. The molecule has 3 aromatic rings. The molecule has 0 spiro atoms. The standard InChI is InChI=1S/C35H44N4O6S/c1-44-31-14-9-29(10-15-31)27-39(33(40)18-13-28-11-16-32(17-12-28)46(42,43)38-20-5-6-21-38)34(30-7-3-2-4-8-30)35(41)36-19-22-37-23-25-45-26-24-37/h2-4,7-12,14-17,34H,5-6,13,18-27H2,1H3,(H,36,41)/t34-/m1/s1. The van der Waals surface area contributed by atoms with Gasteiger partial charge in [0.15, 0.2) is 0 Å². The van der Waals surface area contributed by atoms with Crippen LogP contribution >= 0.6 is 0 Å². The molecule has 2 fully saturated rings. The molecule has 10 nitrogen and oxygen atoms in total. The molecule has 2 saturated heterocycles. The van der Waals surface area contributed by atoms with Gasteiger partial charge in [-0.2, -0.15) is 4.31 Å². The second kappa shape index (κ2) is 16.2. The van der Waals surface area contributed by atoms with E-state index in [1.165, 1.54) is 4.31 Å². The number of morpholine rings is 1. The molecule has 0 aliphatic carbocycles. The van der Waals surface area contributed by atoms with Gasteiger partial charge >= 0.3 is 0 Å². The summed E-state index contributed by atoms with van der Waals surface area (Å²) in [7, 11) is -1.91. The van der Waals surface area contributed by atoms with Crippen LogP contribution in [-0.2, 0) is 37.3 Å². The molecule has 5 rings (SSSR count). The third kappa shape index (κ3) is 8.73. The number of hydrogen-bond acceptors (Lipinski definition) is 7. The minimum absolute atomic E-state index is 0.152. The van der Waals surface area contributed by atoms with Crippen molar-refractivity contribution in [3.05, 3.63) is 95.6 Å². The van der Waals surface area contributed by atoms with Crippen LogP contribution in [0.2, 0.25) is 0 Å². The molecule has 3 aromatic carbocycles. The summed E-state index contributed by atoms with van der Waals surface area (Å²) in [5.74, 6) is 0.289. The Morgan fingerprint density at radius 3 is 2.20 bits per heavy atom. The molecule has 0 unspecified atom stereocenters. The van der Waals surface area contributed by atoms with Crippen LogP contribution in [0.1, 0.15) is 42.0 Å². The molecule has 246 valence electrons. The first-order chi connectivity index (χ1) is 22.3. The second-order valence-corrected chi connectivity index (χ2v) is 13.6. The van der Waals surface area contributed by atoms with Gasteiger partial charge in [-0.25, -0.2) is 8.42 Å². The molecule has 1 N–H and O–H groups in total. The highest BCUT2D eigenvalue weighted by Crippen LogP contribution is 2.27. The van der Waals surface area contributed by atoms with Crippen molar-refractivity contribution < 1.29 is 27.5 Å². The Kier molecular flexibility index (Phi) is 11.8. The lowest BCUT2D eigenvalue weighted by Crippen LogP contribution is -2.46. The third-order valence-electron chi connectivity index (χ3n) is 8.59. The smallest absolute Gasteiger partial charge is 0.247 e. The lowest BCUT2D eigenvalue weighted by atomic mass is 10.0. The van der Waals surface area contributed by atoms with Crippen LogP contribution in [0.25, 0.3) is 0 Å². The van der Waals surface area contributed by atoms with Crippen LogP contribution in [0.15, 0.2) is 83.8 Å². The summed E-state index contributed by atoms with van der Waals surface area (Å²) in [6.07, 6.45) is 2.31. The van der Waals surface area contributed by atoms with Crippen molar-refractivity contribution >= 4 is 21.8 Å². The van der Waals surface area contributed by atoms with E-state index in [2.05, 4.69) is 10.2 Å². The number of methoxy groups -OCH3 is 1. The first kappa shape index (κ1) is 33.6. The molecule has 2 aliphatic heterocycles. The van der Waals surface area contributed by atoms with Crippen LogP contribution in [0.4, 0.5) is 0 Å². The molecule has 2 amide bonds. The molecular formula is C35H44N4O6S. The number of aryl methyl sites for hydroxylation is 1. The maximum atomic E-state index is 14.1. The maximum Gasteiger partial charge on any atom is 0.247 e. The van der Waals surface area contributed by atoms with Crippen molar-refractivity contribution in [2.45, 2.75) is 43.2 Å². The quantitative estimate of drug-likeness (QED) is 0.285. The summed E-state index contributed by atoms with van der Waals surface area (Å²) in [6, 6.07) is 22.8. The number of hydrogen-bond donors (Lipinski definition) is 1. The van der Waals surface area contributed by atoms with E-state index in [4.69, 9.17) is 9.47 Å². The van der Waals surface area contributed by atoms with Gasteiger partial charge in [0.2, 0.25) is 21.8 Å². The lowest BCUT2D eigenvalue weighted by Gasteiger charge is -2.32. The van der Waals surface area contributed by atoms with Gasteiger partial charge in [0, 0.05) is 52.2 Å². The molecule has 11 heteroatoms. The van der Waals surface area contributed by atoms with Crippen molar-refractivity contribution in [1.29, 1.82) is 0 Å². The Hall–Kier alpha value is -3.77. The number of amides is 2. The second-order valence-electron chi connectivity index (χ2n) is 11.7. The first-order valence-electron chi connectivity index (χ1n) is 16.0. The van der Waals surface area contributed by atoms with Gasteiger partial charge in [0.25, 0.3) is 0 Å². The number of benzene rings is 3. The number of carbonyl (C=O) groups excluding carboxylic acids is 2. The zero-order valence-electron chi connectivity index (χ0n) is 26.5. The van der Waals surface area contributed by atoms with Crippen molar-refractivity contribution in [2.75, 3.05) is 59.6 Å². The van der Waals surface area contributed by atoms with Gasteiger partial charge in [-0.05, 0) is 60.2 Å². The number of sulfonamides is 1. The zero-order chi connectivity index (χ0) is 32.4. The van der Waals surface area contributed by atoms with Gasteiger partial charge in [-0.1, -0.05) is 54.6 Å². The average Bonchev–Trinajstić information content (AvgIpc) is 3.65. The summed E-state index contributed by atoms with van der Waals surface area (Å²) in [6.45, 7) is 5.50. The fourth-order valence-electron chi connectivity index (χ4n) is 5.92. The maximum absolute atomic E-state index is 14.1. The van der Waals surface area contributed by atoms with Crippen LogP contribution in [0, 0.1) is 0 Å². The minimum Gasteiger partial charge on any atom is -0.497 e. The van der Waals surface area contributed by atoms with Crippen molar-refractivity contribution in [3.63, 3.8) is 0 Å². The summed E-state index contributed by atoms with van der Waals surface area (Å²) < 4.78 is 38.2. The lowest BCUT2D eigenvalue weighted by molar-refractivity contribution is -0.141. The highest BCUT2D eigenvalue weighted by molar-refractivity contribution is 7.89. The van der Waals surface area contributed by atoms with Crippen molar-refractivity contribution in [2.24, 2.45) is 0 Å². The zero-order valence-corrected chi connectivity index (χ0v) is 27.3. The predicted molar refractivity (Wildman–Crippen MR) is 176 cm³/mol. The van der Waals surface area contributed by atoms with E-state index < -0.39 is 16.1 Å². The largest absolute Gasteiger partial charge is 0.497 e. The van der Waals surface area contributed by atoms with Crippen LogP contribution in [0.5, 0.6) is 5.75 Å². The van der Waals surface area contributed by atoms with E-state index in [1.54, 1.807) is 36.3 Å². The Balaban J connectivity index is 1.34. The molecule has 0 radical (unpaired) electrons. The van der Waals surface area contributed by atoms with E-state index in [-0.39, 0.29) is 29.7 Å². The fraction of sp³-hybridized carbons (Fsp3) is 0.429. The van der Waals surface area contributed by atoms with Crippen LogP contribution in [0.3, 0.4) is 0 Å². The van der Waals surface area contributed by atoms with E-state index in [9.17, 15) is 18.0 Å². The van der Waals surface area contributed by atoms with Crippen LogP contribution in [-0.4, -0.2) is 93.9 Å². The Morgan fingerprint density at radius 2 is 1.54 bits per heavy atom. The molecule has 2 aliphatic rings. The SMILES string of the molecule is COc1ccc(CN(C(=O)CCc2ccc(S(=O)(=O)N3CCCC3)cc2)[C@@H](C(=O)NCCN2CCOCC2)c2ccccc2)cc1. The number of carbonyl (C=O) groups is 2. The Labute approximate surface area is 272 Å². The summed E-state index contributed by atoms with van der Waals surface area (Å²) >= 11 is 0. The number of nitrogens with zero attached hydrogens (tertiary/aromatic N) is 3. The van der Waals surface area contributed by atoms with Crippen molar-refractivity contribution in [1.82, 2.24) is 19.4 Å². The normalized spacial score (nSPS) is 16.5. The average molecular weight is 649 g/mol. The van der Waals surface area contributed by atoms with Crippen LogP contribution < -0.4 is 10.1 Å². The first-order valence-corrected chi connectivity index (χ1v) is 17.4. The molecule has 1 atom stereocenters. The molecular weight excluding hydrogens is 604 g/mol. The van der Waals surface area contributed by atoms with Gasteiger partial charge < -0.3 is 19.7 Å². The molecule has 0 saturated carbocycles.